The van der Waals surface area contributed by atoms with Gasteiger partial charge < -0.3 is 20.1 Å². The third-order valence-electron chi connectivity index (χ3n) is 6.04. The van der Waals surface area contributed by atoms with Gasteiger partial charge in [-0.05, 0) is 49.3 Å². The van der Waals surface area contributed by atoms with Crippen LogP contribution in [0, 0.1) is 12.8 Å². The zero-order chi connectivity index (χ0) is 21.6. The Balaban J connectivity index is 1.40. The maximum absolute atomic E-state index is 10.8. The van der Waals surface area contributed by atoms with Gasteiger partial charge in [0.15, 0.2) is 6.23 Å². The number of aliphatic hydroxyl groups is 1. The summed E-state index contributed by atoms with van der Waals surface area (Å²) in [5.74, 6) is 1.68. The van der Waals surface area contributed by atoms with E-state index < -0.39 is 6.23 Å². The van der Waals surface area contributed by atoms with Crippen molar-refractivity contribution in [3.63, 3.8) is 0 Å². The Kier molecular flexibility index (Phi) is 7.37. The van der Waals surface area contributed by atoms with E-state index in [2.05, 4.69) is 51.1 Å². The first-order valence-corrected chi connectivity index (χ1v) is 11.5. The first-order valence-electron chi connectivity index (χ1n) is 11.5. The molecule has 7 nitrogen and oxygen atoms in total. The zero-order valence-electron chi connectivity index (χ0n) is 18.8. The van der Waals surface area contributed by atoms with E-state index in [1.807, 2.05) is 12.1 Å². The van der Waals surface area contributed by atoms with Crippen molar-refractivity contribution in [2.75, 3.05) is 49.6 Å². The summed E-state index contributed by atoms with van der Waals surface area (Å²) in [6.45, 7) is 10.8. The molecule has 1 unspecified atom stereocenters. The molecule has 0 spiro atoms. The lowest BCUT2D eigenvalue weighted by Crippen LogP contribution is -2.35. The Morgan fingerprint density at radius 2 is 2.03 bits per heavy atom. The van der Waals surface area contributed by atoms with Crippen LogP contribution >= 0.6 is 0 Å². The van der Waals surface area contributed by atoms with Crippen molar-refractivity contribution in [3.8, 4) is 0 Å². The summed E-state index contributed by atoms with van der Waals surface area (Å²) in [6.07, 6.45) is 4.37. The van der Waals surface area contributed by atoms with Crippen LogP contribution in [0.4, 0.5) is 11.5 Å². The molecule has 0 radical (unpaired) electrons. The van der Waals surface area contributed by atoms with Gasteiger partial charge in [-0.2, -0.15) is 0 Å². The fourth-order valence-electron chi connectivity index (χ4n) is 4.09. The molecule has 1 aromatic heterocycles. The van der Waals surface area contributed by atoms with Gasteiger partial charge in [0.05, 0.1) is 18.9 Å². The van der Waals surface area contributed by atoms with Crippen molar-refractivity contribution in [1.82, 2.24) is 14.9 Å². The van der Waals surface area contributed by atoms with Gasteiger partial charge in [0, 0.05) is 44.5 Å². The number of aryl methyl sites for hydroxylation is 1. The molecule has 2 heterocycles. The molecule has 2 aliphatic rings. The van der Waals surface area contributed by atoms with Crippen LogP contribution in [0.3, 0.4) is 0 Å². The normalized spacial score (nSPS) is 18.0. The Hall–Kier alpha value is -2.22. The highest BCUT2D eigenvalue weighted by molar-refractivity contribution is 5.53. The van der Waals surface area contributed by atoms with Crippen molar-refractivity contribution >= 4 is 11.5 Å². The molecule has 4 rings (SSSR count). The quantitative estimate of drug-likeness (QED) is 0.566. The van der Waals surface area contributed by atoms with E-state index in [1.165, 1.54) is 18.4 Å². The lowest BCUT2D eigenvalue weighted by molar-refractivity contribution is 0.0342. The third-order valence-corrected chi connectivity index (χ3v) is 6.04. The Labute approximate surface area is 185 Å². The SMILES string of the molecule is CCCN(CC1CC1)c1cc(C(O)Nc2ccc(CN3CCOCC3)cc2C)ncn1. The fourth-order valence-corrected chi connectivity index (χ4v) is 4.09. The molecule has 1 aliphatic carbocycles. The van der Waals surface area contributed by atoms with E-state index in [9.17, 15) is 5.11 Å². The summed E-state index contributed by atoms with van der Waals surface area (Å²) in [6, 6.07) is 8.28. The number of anilines is 2. The minimum absolute atomic E-state index is 0.596. The maximum Gasteiger partial charge on any atom is 0.168 e. The highest BCUT2D eigenvalue weighted by atomic mass is 16.5. The maximum atomic E-state index is 10.8. The first kappa shape index (κ1) is 22.0. The van der Waals surface area contributed by atoms with Crippen molar-refractivity contribution in [1.29, 1.82) is 0 Å². The summed E-state index contributed by atoms with van der Waals surface area (Å²) in [5.41, 5.74) is 3.90. The average Bonchev–Trinajstić information content (AvgIpc) is 3.60. The summed E-state index contributed by atoms with van der Waals surface area (Å²) in [5, 5.41) is 14.0. The number of hydrogen-bond acceptors (Lipinski definition) is 7. The molecule has 7 heteroatoms. The van der Waals surface area contributed by atoms with Crippen LogP contribution in [-0.2, 0) is 11.3 Å². The fraction of sp³-hybridized carbons (Fsp3) is 0.583. The van der Waals surface area contributed by atoms with Gasteiger partial charge in [-0.1, -0.05) is 19.1 Å². The van der Waals surface area contributed by atoms with Crippen LogP contribution in [0.15, 0.2) is 30.6 Å². The van der Waals surface area contributed by atoms with Gasteiger partial charge in [0.25, 0.3) is 0 Å². The highest BCUT2D eigenvalue weighted by Gasteiger charge is 2.25. The minimum atomic E-state index is -0.880. The second-order valence-corrected chi connectivity index (χ2v) is 8.78. The lowest BCUT2D eigenvalue weighted by Gasteiger charge is -2.27. The number of rotatable bonds is 10. The monoisotopic (exact) mass is 425 g/mol. The molecular formula is C24H35N5O2. The summed E-state index contributed by atoms with van der Waals surface area (Å²) >= 11 is 0. The van der Waals surface area contributed by atoms with Gasteiger partial charge >= 0.3 is 0 Å². The third kappa shape index (κ3) is 6.15. The first-order chi connectivity index (χ1) is 15.1. The molecule has 1 saturated carbocycles. The number of morpholine rings is 1. The van der Waals surface area contributed by atoms with Crippen molar-refractivity contribution in [2.24, 2.45) is 5.92 Å². The van der Waals surface area contributed by atoms with Crippen LogP contribution in [-0.4, -0.2) is 59.4 Å². The largest absolute Gasteiger partial charge is 0.379 e. The van der Waals surface area contributed by atoms with E-state index in [1.54, 1.807) is 6.33 Å². The van der Waals surface area contributed by atoms with E-state index in [4.69, 9.17) is 4.74 Å². The van der Waals surface area contributed by atoms with E-state index >= 15 is 0 Å². The Morgan fingerprint density at radius 1 is 1.23 bits per heavy atom. The number of benzene rings is 1. The number of ether oxygens (including phenoxy) is 1. The van der Waals surface area contributed by atoms with Crippen LogP contribution in [0.5, 0.6) is 0 Å². The Morgan fingerprint density at radius 3 is 2.74 bits per heavy atom. The molecule has 2 aromatic rings. The van der Waals surface area contributed by atoms with Gasteiger partial charge in [-0.15, -0.1) is 0 Å². The summed E-state index contributed by atoms with van der Waals surface area (Å²) < 4.78 is 5.43. The van der Waals surface area contributed by atoms with Gasteiger partial charge in [-0.3, -0.25) is 4.90 Å². The predicted octanol–water partition coefficient (Wildman–Crippen LogP) is 3.35. The van der Waals surface area contributed by atoms with Gasteiger partial charge in [0.2, 0.25) is 0 Å². The molecule has 1 aliphatic heterocycles. The molecule has 31 heavy (non-hydrogen) atoms. The predicted molar refractivity (Wildman–Crippen MR) is 123 cm³/mol. The zero-order valence-corrected chi connectivity index (χ0v) is 18.8. The van der Waals surface area contributed by atoms with Crippen LogP contribution in [0.25, 0.3) is 0 Å². The minimum Gasteiger partial charge on any atom is -0.379 e. The van der Waals surface area contributed by atoms with Crippen LogP contribution in [0.1, 0.15) is 49.2 Å². The molecule has 1 atom stereocenters. The second kappa shape index (κ2) is 10.4. The van der Waals surface area contributed by atoms with Crippen molar-refractivity contribution < 1.29 is 9.84 Å². The summed E-state index contributed by atoms with van der Waals surface area (Å²) in [7, 11) is 0. The second-order valence-electron chi connectivity index (χ2n) is 8.78. The molecule has 1 aromatic carbocycles. The van der Waals surface area contributed by atoms with Crippen LogP contribution in [0.2, 0.25) is 0 Å². The smallest absolute Gasteiger partial charge is 0.168 e. The lowest BCUT2D eigenvalue weighted by atomic mass is 10.1. The average molecular weight is 426 g/mol. The number of nitrogens with zero attached hydrogens (tertiary/aromatic N) is 4. The molecule has 2 N–H and O–H groups in total. The number of aromatic nitrogens is 2. The number of hydrogen-bond donors (Lipinski definition) is 2. The molecular weight excluding hydrogens is 390 g/mol. The molecule has 0 amide bonds. The standard InChI is InChI=1S/C24H35N5O2/c1-3-8-29(16-19-4-5-19)23-14-22(25-17-26-23)24(30)27-21-7-6-20(13-18(21)2)15-28-9-11-31-12-10-28/h6-7,13-14,17,19,24,27,30H,3-5,8-12,15-16H2,1-2H3. The van der Waals surface area contributed by atoms with Gasteiger partial charge in [0.1, 0.15) is 12.1 Å². The van der Waals surface area contributed by atoms with Crippen molar-refractivity contribution in [2.45, 2.75) is 45.9 Å². The van der Waals surface area contributed by atoms with Gasteiger partial charge in [-0.25, -0.2) is 9.97 Å². The topological polar surface area (TPSA) is 73.8 Å². The van der Waals surface area contributed by atoms with E-state index in [0.717, 1.165) is 75.3 Å². The molecule has 1 saturated heterocycles. The summed E-state index contributed by atoms with van der Waals surface area (Å²) in [4.78, 5) is 13.5. The molecule has 2 fully saturated rings. The van der Waals surface area contributed by atoms with E-state index in [-0.39, 0.29) is 0 Å². The number of nitrogens with one attached hydrogen (secondary N) is 1. The van der Waals surface area contributed by atoms with Crippen LogP contribution < -0.4 is 10.2 Å². The highest BCUT2D eigenvalue weighted by Crippen LogP contribution is 2.31. The molecule has 168 valence electrons. The molecule has 0 bridgehead atoms. The number of aliphatic hydroxyl groups excluding tert-OH is 1. The van der Waals surface area contributed by atoms with Crippen molar-refractivity contribution in [3.05, 3.63) is 47.4 Å². The van der Waals surface area contributed by atoms with E-state index in [0.29, 0.717) is 5.69 Å². The Bertz CT molecular complexity index is 852.